The van der Waals surface area contributed by atoms with Crippen LogP contribution >= 0.6 is 22.6 Å². The molecule has 3 N–H and O–H groups in total. The van der Waals surface area contributed by atoms with Gasteiger partial charge < -0.3 is 24.8 Å². The zero-order valence-corrected chi connectivity index (χ0v) is 26.3. The van der Waals surface area contributed by atoms with Crippen LogP contribution in [0.2, 0.25) is 0 Å². The molecule has 4 atom stereocenters. The van der Waals surface area contributed by atoms with E-state index >= 15 is 0 Å². The van der Waals surface area contributed by atoms with E-state index in [1.165, 1.54) is 38.5 Å². The Kier molecular flexibility index (Phi) is 10.6. The topological polar surface area (TPSA) is 160 Å². The molecule has 0 spiro atoms. The summed E-state index contributed by atoms with van der Waals surface area (Å²) in [5.41, 5.74) is 2.90. The number of rotatable bonds is 12. The molecule has 2 aromatic rings. The van der Waals surface area contributed by atoms with Crippen molar-refractivity contribution in [3.8, 4) is 11.5 Å². The summed E-state index contributed by atoms with van der Waals surface area (Å²) in [5, 5.41) is 43.5. The molecule has 2 amide bonds. The van der Waals surface area contributed by atoms with E-state index in [0.29, 0.717) is 39.7 Å². The number of aliphatic hydroxyl groups is 2. The Hall–Kier alpha value is -3.33. The third-order valence-corrected chi connectivity index (χ3v) is 9.01. The first kappa shape index (κ1) is 32.6. The van der Waals surface area contributed by atoms with Crippen molar-refractivity contribution in [2.75, 3.05) is 32.3 Å². The van der Waals surface area contributed by atoms with Gasteiger partial charge in [0.15, 0.2) is 11.5 Å². The van der Waals surface area contributed by atoms with Crippen molar-refractivity contribution in [1.82, 2.24) is 0 Å². The van der Waals surface area contributed by atoms with Crippen LogP contribution in [0.25, 0.3) is 6.08 Å². The number of anilines is 1. The van der Waals surface area contributed by atoms with Crippen molar-refractivity contribution in [3.05, 3.63) is 72.4 Å². The number of fused-ring (bicyclic) bond motifs is 1. The molecule has 2 aliphatic rings. The normalized spacial score (nSPS) is 21.3. The van der Waals surface area contributed by atoms with E-state index in [2.05, 4.69) is 0 Å². The van der Waals surface area contributed by atoms with E-state index in [9.17, 15) is 35.0 Å². The van der Waals surface area contributed by atoms with Crippen LogP contribution in [0, 0.1) is 31.4 Å². The van der Waals surface area contributed by atoms with Crippen LogP contribution < -0.4 is 9.64 Å². The zero-order valence-electron chi connectivity index (χ0n) is 24.2. The fourth-order valence-electron chi connectivity index (χ4n) is 6.16. The van der Waals surface area contributed by atoms with E-state index in [0.717, 1.165) is 16.0 Å². The molecule has 1 aliphatic carbocycles. The molecule has 1 aliphatic heterocycles. The van der Waals surface area contributed by atoms with Crippen molar-refractivity contribution >= 4 is 51.9 Å². The number of phenols is 1. The lowest BCUT2D eigenvalue weighted by molar-refractivity contribution is -0.384. The Bertz CT molecular complexity index is 1470. The summed E-state index contributed by atoms with van der Waals surface area (Å²) in [7, 11) is 2.98. The molecule has 4 rings (SSSR count). The Labute approximate surface area is 263 Å². The molecular formula is C31H35IN2O9. The first-order valence-electron chi connectivity index (χ1n) is 13.9. The number of methoxy groups -OCH3 is 2. The standard InChI is InChI=1S/C31H35IN2O9/c1-4-17(10-18-11-24(32)29(37)26(12-18)43-3)8-9-25(36)27-19(16-42-2)13-22-28(23(27)15-35)31(39)33(30(22)38)20-6-5-7-21(14-20)34(40)41/h5-7,10-12,14,22-23,25,28,35-37H,4,8-9,13,15-16H2,1-3H3/b17-10+/t22-,23+,25-,28-/m1/s1. The van der Waals surface area contributed by atoms with E-state index in [4.69, 9.17) is 9.47 Å². The van der Waals surface area contributed by atoms with Gasteiger partial charge in [0.05, 0.1) is 52.4 Å². The van der Waals surface area contributed by atoms with Gasteiger partial charge in [0.1, 0.15) is 0 Å². The number of imide groups is 1. The Morgan fingerprint density at radius 3 is 2.60 bits per heavy atom. The molecule has 0 radical (unpaired) electrons. The highest BCUT2D eigenvalue weighted by atomic mass is 127. The van der Waals surface area contributed by atoms with Gasteiger partial charge in [-0.15, -0.1) is 0 Å². The number of nitrogens with zero attached hydrogens (tertiary/aromatic N) is 2. The minimum atomic E-state index is -1.01. The number of carbonyl (C=O) groups is 2. The monoisotopic (exact) mass is 706 g/mol. The summed E-state index contributed by atoms with van der Waals surface area (Å²) in [6.45, 7) is 1.65. The number of benzene rings is 2. The highest BCUT2D eigenvalue weighted by Gasteiger charge is 2.55. The first-order valence-corrected chi connectivity index (χ1v) is 15.0. The number of aromatic hydroxyl groups is 1. The smallest absolute Gasteiger partial charge is 0.271 e. The number of hydrogen-bond donors (Lipinski definition) is 3. The number of ether oxygens (including phenoxy) is 2. The molecule has 11 nitrogen and oxygen atoms in total. The van der Waals surface area contributed by atoms with Gasteiger partial charge in [-0.25, -0.2) is 4.90 Å². The lowest BCUT2D eigenvalue weighted by Gasteiger charge is -2.36. The van der Waals surface area contributed by atoms with Crippen LogP contribution in [0.15, 0.2) is 53.1 Å². The van der Waals surface area contributed by atoms with Gasteiger partial charge in [0, 0.05) is 25.2 Å². The fourth-order valence-corrected chi connectivity index (χ4v) is 6.79. The molecule has 0 unspecified atom stereocenters. The van der Waals surface area contributed by atoms with Crippen LogP contribution in [-0.4, -0.2) is 65.6 Å². The molecule has 0 saturated carbocycles. The maximum absolute atomic E-state index is 13.7. The second-order valence-corrected chi connectivity index (χ2v) is 11.8. The van der Waals surface area contributed by atoms with E-state index in [1.807, 2.05) is 41.7 Å². The lowest BCUT2D eigenvalue weighted by Crippen LogP contribution is -2.39. The van der Waals surface area contributed by atoms with Crippen molar-refractivity contribution in [3.63, 3.8) is 0 Å². The van der Waals surface area contributed by atoms with Crippen LogP contribution in [0.4, 0.5) is 11.4 Å². The summed E-state index contributed by atoms with van der Waals surface area (Å²) in [6.07, 6.45) is 2.66. The van der Waals surface area contributed by atoms with Gasteiger partial charge in [0.2, 0.25) is 11.8 Å². The second-order valence-electron chi connectivity index (χ2n) is 10.7. The summed E-state index contributed by atoms with van der Waals surface area (Å²) in [5.74, 6) is -3.15. The summed E-state index contributed by atoms with van der Waals surface area (Å²) in [4.78, 5) is 38.9. The largest absolute Gasteiger partial charge is 0.504 e. The Balaban J connectivity index is 1.61. The number of allylic oxidation sites excluding steroid dienone is 1. The number of nitro benzene ring substituents is 1. The number of hydrogen-bond acceptors (Lipinski definition) is 9. The van der Waals surface area contributed by atoms with Gasteiger partial charge in [0.25, 0.3) is 5.69 Å². The zero-order chi connectivity index (χ0) is 31.4. The number of non-ortho nitro benzene ring substituents is 1. The Morgan fingerprint density at radius 1 is 1.23 bits per heavy atom. The second kappa shape index (κ2) is 14.0. The molecule has 2 aromatic carbocycles. The van der Waals surface area contributed by atoms with Gasteiger partial charge in [-0.2, -0.15) is 0 Å². The predicted molar refractivity (Wildman–Crippen MR) is 168 cm³/mol. The van der Waals surface area contributed by atoms with Crippen LogP contribution in [-0.2, 0) is 14.3 Å². The number of halogens is 1. The number of amides is 2. The van der Waals surface area contributed by atoms with Gasteiger partial charge in [-0.3, -0.25) is 19.7 Å². The SMILES string of the molecule is CC/C(=C\c1cc(I)c(O)c(OC)c1)CC[C@@H](O)C1=C(COC)C[C@H]2C(=O)N(c3cccc([N+](=O)[O-])c3)C(=O)[C@H]2[C@H]1CO. The van der Waals surface area contributed by atoms with E-state index in [-0.39, 0.29) is 30.2 Å². The molecule has 1 heterocycles. The third-order valence-electron chi connectivity index (χ3n) is 8.19. The molecule has 43 heavy (non-hydrogen) atoms. The summed E-state index contributed by atoms with van der Waals surface area (Å²) in [6, 6.07) is 8.92. The fraction of sp³-hybridized carbons (Fsp3) is 0.419. The molecule has 1 fully saturated rings. The van der Waals surface area contributed by atoms with Crippen LogP contribution in [0.5, 0.6) is 11.5 Å². The van der Waals surface area contributed by atoms with Crippen molar-refractivity contribution in [2.24, 2.45) is 17.8 Å². The molecular weight excluding hydrogens is 671 g/mol. The average molecular weight is 707 g/mol. The van der Waals surface area contributed by atoms with E-state index in [1.54, 1.807) is 6.07 Å². The summed E-state index contributed by atoms with van der Waals surface area (Å²) < 4.78 is 11.3. The van der Waals surface area contributed by atoms with Crippen LogP contribution in [0.1, 0.15) is 38.2 Å². The quantitative estimate of drug-likeness (QED) is 0.0942. The predicted octanol–water partition coefficient (Wildman–Crippen LogP) is 4.61. The number of nitro groups is 1. The number of phenolic OH excluding ortho intramolecular Hbond substituents is 1. The highest BCUT2D eigenvalue weighted by Crippen LogP contribution is 2.47. The molecule has 12 heteroatoms. The number of aliphatic hydroxyl groups excluding tert-OH is 2. The van der Waals surface area contributed by atoms with Crippen molar-refractivity contribution < 1.29 is 39.3 Å². The first-order chi connectivity index (χ1) is 20.6. The maximum atomic E-state index is 13.7. The highest BCUT2D eigenvalue weighted by molar-refractivity contribution is 14.1. The Morgan fingerprint density at radius 2 is 1.98 bits per heavy atom. The average Bonchev–Trinajstić information content (AvgIpc) is 3.24. The molecule has 1 saturated heterocycles. The lowest BCUT2D eigenvalue weighted by atomic mass is 9.68. The minimum absolute atomic E-state index is 0.0703. The van der Waals surface area contributed by atoms with Crippen molar-refractivity contribution in [2.45, 2.75) is 38.7 Å². The number of carbonyl (C=O) groups excluding carboxylic acids is 2. The summed E-state index contributed by atoms with van der Waals surface area (Å²) >= 11 is 2.03. The van der Waals surface area contributed by atoms with Crippen molar-refractivity contribution in [1.29, 1.82) is 0 Å². The van der Waals surface area contributed by atoms with Gasteiger partial charge >= 0.3 is 0 Å². The third kappa shape index (κ3) is 6.61. The van der Waals surface area contributed by atoms with Gasteiger partial charge in [-0.05, 0) is 83.2 Å². The minimum Gasteiger partial charge on any atom is -0.504 e. The molecule has 0 bridgehead atoms. The van der Waals surface area contributed by atoms with Crippen LogP contribution in [0.3, 0.4) is 0 Å². The maximum Gasteiger partial charge on any atom is 0.271 e. The van der Waals surface area contributed by atoms with Gasteiger partial charge in [-0.1, -0.05) is 24.6 Å². The molecule has 230 valence electrons. The molecule has 0 aromatic heterocycles. The van der Waals surface area contributed by atoms with E-state index < -0.39 is 47.2 Å².